The minimum absolute atomic E-state index is 0.183. The molecule has 5 heteroatoms. The van der Waals surface area contributed by atoms with E-state index in [4.69, 9.17) is 5.73 Å². The molecular formula is C15H18N4O. The van der Waals surface area contributed by atoms with Crippen LogP contribution in [0.15, 0.2) is 41.2 Å². The van der Waals surface area contributed by atoms with Crippen LogP contribution in [-0.4, -0.2) is 21.4 Å². The van der Waals surface area contributed by atoms with Gasteiger partial charge in [-0.15, -0.1) is 0 Å². The van der Waals surface area contributed by atoms with Crippen molar-refractivity contribution >= 4 is 5.95 Å². The number of benzene rings is 1. The largest absolute Gasteiger partial charge is 0.369 e. The van der Waals surface area contributed by atoms with Gasteiger partial charge in [0.15, 0.2) is 0 Å². The third kappa shape index (κ3) is 2.72. The summed E-state index contributed by atoms with van der Waals surface area (Å²) in [6, 6.07) is 12.4. The Labute approximate surface area is 117 Å². The zero-order chi connectivity index (χ0) is 13.9. The van der Waals surface area contributed by atoms with Gasteiger partial charge in [0.1, 0.15) is 0 Å². The molecule has 104 valence electrons. The third-order valence-corrected chi connectivity index (χ3v) is 3.73. The summed E-state index contributed by atoms with van der Waals surface area (Å²) in [6.45, 7) is 1.68. The Kier molecular flexibility index (Phi) is 3.52. The van der Waals surface area contributed by atoms with E-state index >= 15 is 0 Å². The molecule has 0 aliphatic carbocycles. The van der Waals surface area contributed by atoms with Gasteiger partial charge in [-0.25, -0.2) is 4.98 Å². The molecule has 20 heavy (non-hydrogen) atoms. The van der Waals surface area contributed by atoms with Gasteiger partial charge in [0.25, 0.3) is 5.56 Å². The SMILES string of the molecule is Nc1nc(CN2CCCC2c2ccccc2)cc(=O)[nH]1. The predicted molar refractivity (Wildman–Crippen MR) is 78.1 cm³/mol. The fourth-order valence-electron chi connectivity index (χ4n) is 2.89. The van der Waals surface area contributed by atoms with E-state index in [0.29, 0.717) is 12.6 Å². The number of likely N-dealkylation sites (tertiary alicyclic amines) is 1. The van der Waals surface area contributed by atoms with Gasteiger partial charge >= 0.3 is 0 Å². The zero-order valence-corrected chi connectivity index (χ0v) is 11.2. The highest BCUT2D eigenvalue weighted by atomic mass is 16.1. The molecule has 1 aromatic carbocycles. The monoisotopic (exact) mass is 270 g/mol. The van der Waals surface area contributed by atoms with E-state index in [1.165, 1.54) is 11.6 Å². The van der Waals surface area contributed by atoms with Gasteiger partial charge in [-0.2, -0.15) is 0 Å². The Hall–Kier alpha value is -2.14. The van der Waals surface area contributed by atoms with Gasteiger partial charge < -0.3 is 5.73 Å². The summed E-state index contributed by atoms with van der Waals surface area (Å²) in [6.07, 6.45) is 2.31. The second-order valence-electron chi connectivity index (χ2n) is 5.16. The van der Waals surface area contributed by atoms with Gasteiger partial charge in [-0.3, -0.25) is 14.7 Å². The number of rotatable bonds is 3. The van der Waals surface area contributed by atoms with Crippen LogP contribution in [0.2, 0.25) is 0 Å². The van der Waals surface area contributed by atoms with Crippen molar-refractivity contribution in [2.75, 3.05) is 12.3 Å². The number of nitrogen functional groups attached to an aromatic ring is 1. The van der Waals surface area contributed by atoms with Crippen molar-refractivity contribution in [2.24, 2.45) is 0 Å². The number of aromatic nitrogens is 2. The third-order valence-electron chi connectivity index (χ3n) is 3.73. The van der Waals surface area contributed by atoms with Crippen molar-refractivity contribution in [3.05, 3.63) is 58.0 Å². The second-order valence-corrected chi connectivity index (χ2v) is 5.16. The maximum absolute atomic E-state index is 11.4. The van der Waals surface area contributed by atoms with Crippen molar-refractivity contribution < 1.29 is 0 Å². The highest BCUT2D eigenvalue weighted by Crippen LogP contribution is 2.32. The van der Waals surface area contributed by atoms with E-state index in [2.05, 4.69) is 39.1 Å². The van der Waals surface area contributed by atoms with Gasteiger partial charge in [-0.05, 0) is 24.9 Å². The lowest BCUT2D eigenvalue weighted by Gasteiger charge is -2.24. The molecule has 1 unspecified atom stereocenters. The van der Waals surface area contributed by atoms with E-state index in [1.54, 1.807) is 0 Å². The molecule has 1 fully saturated rings. The van der Waals surface area contributed by atoms with Gasteiger partial charge in [-0.1, -0.05) is 30.3 Å². The Morgan fingerprint density at radius 2 is 2.15 bits per heavy atom. The van der Waals surface area contributed by atoms with Crippen LogP contribution >= 0.6 is 0 Å². The number of H-pyrrole nitrogens is 1. The summed E-state index contributed by atoms with van der Waals surface area (Å²) in [5, 5.41) is 0. The van der Waals surface area contributed by atoms with E-state index in [0.717, 1.165) is 25.1 Å². The number of anilines is 1. The minimum atomic E-state index is -0.192. The molecular weight excluding hydrogens is 252 g/mol. The number of hydrogen-bond acceptors (Lipinski definition) is 4. The van der Waals surface area contributed by atoms with Crippen LogP contribution in [0.25, 0.3) is 0 Å². The van der Waals surface area contributed by atoms with Gasteiger partial charge in [0.05, 0.1) is 5.69 Å². The Morgan fingerprint density at radius 1 is 1.35 bits per heavy atom. The van der Waals surface area contributed by atoms with Gasteiger partial charge in [0, 0.05) is 18.7 Å². The summed E-state index contributed by atoms with van der Waals surface area (Å²) >= 11 is 0. The molecule has 1 saturated heterocycles. The lowest BCUT2D eigenvalue weighted by molar-refractivity contribution is 0.245. The van der Waals surface area contributed by atoms with Crippen LogP contribution < -0.4 is 11.3 Å². The average molecular weight is 270 g/mol. The molecule has 1 atom stereocenters. The first kappa shape index (κ1) is 12.9. The Balaban J connectivity index is 1.81. The summed E-state index contributed by atoms with van der Waals surface area (Å²) in [5.74, 6) is 0.183. The normalized spacial score (nSPS) is 19.3. The van der Waals surface area contributed by atoms with E-state index in [9.17, 15) is 4.79 Å². The fourth-order valence-corrected chi connectivity index (χ4v) is 2.89. The number of nitrogens with zero attached hydrogens (tertiary/aromatic N) is 2. The first-order chi connectivity index (χ1) is 9.72. The minimum Gasteiger partial charge on any atom is -0.369 e. The van der Waals surface area contributed by atoms with Crippen LogP contribution in [0.3, 0.4) is 0 Å². The molecule has 1 aliphatic heterocycles. The molecule has 2 aromatic rings. The molecule has 3 N–H and O–H groups in total. The molecule has 0 amide bonds. The fraction of sp³-hybridized carbons (Fsp3) is 0.333. The summed E-state index contributed by atoms with van der Waals surface area (Å²) in [4.78, 5) is 20.5. The molecule has 0 saturated carbocycles. The second kappa shape index (κ2) is 5.46. The van der Waals surface area contributed by atoms with Crippen molar-refractivity contribution in [3.63, 3.8) is 0 Å². The molecule has 1 aromatic heterocycles. The first-order valence-corrected chi connectivity index (χ1v) is 6.87. The van der Waals surface area contributed by atoms with Crippen molar-refractivity contribution in [2.45, 2.75) is 25.4 Å². The van der Waals surface area contributed by atoms with Crippen molar-refractivity contribution in [1.29, 1.82) is 0 Å². The van der Waals surface area contributed by atoms with Crippen LogP contribution in [0.5, 0.6) is 0 Å². The van der Waals surface area contributed by atoms with Crippen molar-refractivity contribution in [3.8, 4) is 0 Å². The lowest BCUT2D eigenvalue weighted by atomic mass is 10.0. The number of aromatic amines is 1. The van der Waals surface area contributed by atoms with Crippen LogP contribution in [-0.2, 0) is 6.54 Å². The van der Waals surface area contributed by atoms with E-state index < -0.39 is 0 Å². The highest BCUT2D eigenvalue weighted by molar-refractivity contribution is 5.21. The molecule has 5 nitrogen and oxygen atoms in total. The predicted octanol–water partition coefficient (Wildman–Crippen LogP) is 1.69. The Bertz CT molecular complexity index is 638. The maximum atomic E-state index is 11.4. The molecule has 0 bridgehead atoms. The molecule has 1 aliphatic rings. The van der Waals surface area contributed by atoms with Crippen molar-refractivity contribution in [1.82, 2.24) is 14.9 Å². The molecule has 0 radical (unpaired) electrons. The molecule has 2 heterocycles. The van der Waals surface area contributed by atoms with Crippen LogP contribution in [0, 0.1) is 0 Å². The molecule has 3 rings (SSSR count). The average Bonchev–Trinajstić information content (AvgIpc) is 2.86. The lowest BCUT2D eigenvalue weighted by Crippen LogP contribution is -2.25. The highest BCUT2D eigenvalue weighted by Gasteiger charge is 2.26. The topological polar surface area (TPSA) is 75.0 Å². The van der Waals surface area contributed by atoms with E-state index in [-0.39, 0.29) is 11.5 Å². The Morgan fingerprint density at radius 3 is 2.90 bits per heavy atom. The molecule has 0 spiro atoms. The number of hydrogen-bond donors (Lipinski definition) is 2. The summed E-state index contributed by atoms with van der Waals surface area (Å²) in [7, 11) is 0. The standard InChI is InChI=1S/C15H18N4O/c16-15-17-12(9-14(20)18-15)10-19-8-4-7-13(19)11-5-2-1-3-6-11/h1-3,5-6,9,13H,4,7-8,10H2,(H3,16,17,18,20). The van der Waals surface area contributed by atoms with Gasteiger partial charge in [0.2, 0.25) is 5.95 Å². The zero-order valence-electron chi connectivity index (χ0n) is 11.2. The quantitative estimate of drug-likeness (QED) is 0.890. The smallest absolute Gasteiger partial charge is 0.252 e. The van der Waals surface area contributed by atoms with E-state index in [1.807, 2.05) is 6.07 Å². The summed E-state index contributed by atoms with van der Waals surface area (Å²) < 4.78 is 0. The van der Waals surface area contributed by atoms with Crippen LogP contribution in [0.1, 0.15) is 30.1 Å². The van der Waals surface area contributed by atoms with Crippen LogP contribution in [0.4, 0.5) is 5.95 Å². The number of nitrogens with two attached hydrogens (primary N) is 1. The maximum Gasteiger partial charge on any atom is 0.252 e. The number of nitrogens with one attached hydrogen (secondary N) is 1. The summed E-state index contributed by atoms with van der Waals surface area (Å²) in [5.41, 5.74) is 7.46. The first-order valence-electron chi connectivity index (χ1n) is 6.87.